The summed E-state index contributed by atoms with van der Waals surface area (Å²) in [6.07, 6.45) is 2.13. The Morgan fingerprint density at radius 1 is 0.930 bits per heavy atom. The Kier molecular flexibility index (Phi) is 8.09. The van der Waals surface area contributed by atoms with Gasteiger partial charge in [0.15, 0.2) is 0 Å². The van der Waals surface area contributed by atoms with Crippen molar-refractivity contribution in [3.63, 3.8) is 0 Å². The van der Waals surface area contributed by atoms with Crippen molar-refractivity contribution in [1.82, 2.24) is 19.8 Å². The maximum atomic E-state index is 13.8. The number of benzene rings is 3. The molecule has 0 spiro atoms. The van der Waals surface area contributed by atoms with E-state index < -0.39 is 10.0 Å². The lowest BCUT2D eigenvalue weighted by molar-refractivity contribution is 0.313. The molecule has 224 valence electrons. The van der Waals surface area contributed by atoms with Gasteiger partial charge in [0.05, 0.1) is 17.6 Å². The number of fused-ring (bicyclic) bond motifs is 3. The number of nitrogens with one attached hydrogen (secondary N) is 1. The minimum atomic E-state index is -3.81. The van der Waals surface area contributed by atoms with Crippen molar-refractivity contribution < 1.29 is 8.42 Å². The maximum Gasteiger partial charge on any atom is 0.268 e. The number of hydrogen-bond donors (Lipinski definition) is 1. The van der Waals surface area contributed by atoms with Crippen LogP contribution in [0.4, 0.5) is 23.0 Å². The van der Waals surface area contributed by atoms with E-state index in [2.05, 4.69) is 82.5 Å². The average molecular weight is 598 g/mol. The first-order valence-corrected chi connectivity index (χ1v) is 16.3. The Bertz CT molecular complexity index is 1720. The summed E-state index contributed by atoms with van der Waals surface area (Å²) in [6, 6.07) is 22.6. The third-order valence-corrected chi connectivity index (χ3v) is 9.89. The molecule has 6 rings (SSSR count). The van der Waals surface area contributed by atoms with Gasteiger partial charge < -0.3 is 20.0 Å². The number of aromatic nitrogens is 2. The first-order valence-electron chi connectivity index (χ1n) is 14.8. The van der Waals surface area contributed by atoms with E-state index in [9.17, 15) is 8.42 Å². The topological polar surface area (TPSA) is 84.9 Å². The van der Waals surface area contributed by atoms with Gasteiger partial charge >= 0.3 is 0 Å². The zero-order valence-electron chi connectivity index (χ0n) is 25.3. The first kappa shape index (κ1) is 29.1. The molecule has 0 saturated carbocycles. The number of sulfonamides is 1. The van der Waals surface area contributed by atoms with E-state index in [0.717, 1.165) is 55.1 Å². The predicted octanol–water partition coefficient (Wildman–Crippen LogP) is 5.29. The predicted molar refractivity (Wildman–Crippen MR) is 175 cm³/mol. The van der Waals surface area contributed by atoms with Crippen LogP contribution < -0.4 is 14.5 Å². The van der Waals surface area contributed by atoms with Crippen LogP contribution in [-0.2, 0) is 16.6 Å². The molecular formula is C33H39N7O2S. The van der Waals surface area contributed by atoms with Crippen LogP contribution in [0.3, 0.4) is 0 Å². The Morgan fingerprint density at radius 3 is 2.40 bits per heavy atom. The number of hydrogen-bond acceptors (Lipinski definition) is 8. The summed E-state index contributed by atoms with van der Waals surface area (Å²) in [7, 11) is 2.45. The first-order chi connectivity index (χ1) is 20.7. The van der Waals surface area contributed by atoms with E-state index in [1.807, 2.05) is 37.3 Å². The molecule has 2 aliphatic heterocycles. The highest BCUT2D eigenvalue weighted by Gasteiger charge is 2.36. The van der Waals surface area contributed by atoms with Crippen molar-refractivity contribution in [2.24, 2.45) is 0 Å². The molecule has 0 bridgehead atoms. The number of nitrogens with zero attached hydrogens (tertiary/aromatic N) is 6. The number of anilines is 4. The molecule has 1 N–H and O–H groups in total. The summed E-state index contributed by atoms with van der Waals surface area (Å²) < 4.78 is 29.0. The minimum absolute atomic E-state index is 0.128. The molecule has 4 aromatic rings. The molecule has 1 saturated heterocycles. The molecule has 0 unspecified atom stereocenters. The molecule has 1 fully saturated rings. The highest BCUT2D eigenvalue weighted by molar-refractivity contribution is 7.93. The van der Waals surface area contributed by atoms with Gasteiger partial charge in [-0.15, -0.1) is 0 Å². The van der Waals surface area contributed by atoms with Crippen LogP contribution in [0, 0.1) is 0 Å². The van der Waals surface area contributed by atoms with Crippen LogP contribution in [0.25, 0.3) is 22.4 Å². The molecule has 0 aliphatic carbocycles. The third-order valence-electron chi connectivity index (χ3n) is 8.08. The van der Waals surface area contributed by atoms with Gasteiger partial charge in [-0.2, -0.15) is 0 Å². The van der Waals surface area contributed by atoms with Crippen molar-refractivity contribution in [3.05, 3.63) is 78.5 Å². The van der Waals surface area contributed by atoms with Gasteiger partial charge in [-0.25, -0.2) is 18.4 Å². The smallest absolute Gasteiger partial charge is 0.268 e. The SMILES string of the molecule is CCCN1c2ccc(-c3ccccc3CN(C)C)cc2-c2nc(Nc3ccc(N4CCN(C)CC4)cc3)ncc2S1(=O)=O. The summed E-state index contributed by atoms with van der Waals surface area (Å²) in [5, 5.41) is 3.30. The fraction of sp³-hybridized carbons (Fsp3) is 0.333. The normalized spacial score (nSPS) is 16.2. The standard InChI is InChI=1S/C33H39N7O2S/c1-5-16-40-30-15-10-24(28-9-7-6-8-25(28)23-37(2)3)21-29(30)32-31(43(40,41)42)22-34-33(36-32)35-26-11-13-27(14-12-26)39-19-17-38(4)18-20-39/h6-15,21-22H,5,16-20,23H2,1-4H3,(H,34,35,36). The molecule has 3 heterocycles. The van der Waals surface area contributed by atoms with Gasteiger partial charge in [-0.05, 0) is 80.7 Å². The third kappa shape index (κ3) is 5.82. The van der Waals surface area contributed by atoms with E-state index in [-0.39, 0.29) is 4.90 Å². The molecule has 0 atom stereocenters. The van der Waals surface area contributed by atoms with Gasteiger partial charge in [-0.3, -0.25) is 4.31 Å². The number of piperazine rings is 1. The average Bonchev–Trinajstić information content (AvgIpc) is 3.00. The summed E-state index contributed by atoms with van der Waals surface area (Å²) in [5.74, 6) is 0.356. The lowest BCUT2D eigenvalue weighted by Gasteiger charge is -2.34. The molecule has 0 radical (unpaired) electrons. The van der Waals surface area contributed by atoms with Crippen molar-refractivity contribution in [2.75, 3.05) is 68.4 Å². The molecule has 0 amide bonds. The van der Waals surface area contributed by atoms with Crippen LogP contribution in [-0.4, -0.2) is 82.1 Å². The Balaban J connectivity index is 1.37. The number of rotatable bonds is 8. The summed E-state index contributed by atoms with van der Waals surface area (Å²) >= 11 is 0. The largest absolute Gasteiger partial charge is 0.369 e. The van der Waals surface area contributed by atoms with E-state index >= 15 is 0 Å². The van der Waals surface area contributed by atoms with E-state index in [0.29, 0.717) is 30.3 Å². The summed E-state index contributed by atoms with van der Waals surface area (Å²) in [5.41, 5.74) is 7.20. The fourth-order valence-corrected chi connectivity index (χ4v) is 7.51. The van der Waals surface area contributed by atoms with Crippen molar-refractivity contribution >= 4 is 33.0 Å². The summed E-state index contributed by atoms with van der Waals surface area (Å²) in [6.45, 7) is 7.26. The maximum absolute atomic E-state index is 13.8. The van der Waals surface area contributed by atoms with Gasteiger partial charge in [-0.1, -0.05) is 37.3 Å². The van der Waals surface area contributed by atoms with Crippen LogP contribution in [0.5, 0.6) is 0 Å². The van der Waals surface area contributed by atoms with Crippen LogP contribution in [0.15, 0.2) is 77.8 Å². The second-order valence-corrected chi connectivity index (χ2v) is 13.4. The zero-order valence-corrected chi connectivity index (χ0v) is 26.1. The Morgan fingerprint density at radius 2 is 1.67 bits per heavy atom. The van der Waals surface area contributed by atoms with Crippen LogP contribution in [0.2, 0.25) is 0 Å². The van der Waals surface area contributed by atoms with Gasteiger partial charge in [0.1, 0.15) is 4.90 Å². The van der Waals surface area contributed by atoms with Crippen LogP contribution in [0.1, 0.15) is 18.9 Å². The highest BCUT2D eigenvalue weighted by Crippen LogP contribution is 2.44. The lowest BCUT2D eigenvalue weighted by Crippen LogP contribution is -2.44. The quantitative estimate of drug-likeness (QED) is 0.294. The minimum Gasteiger partial charge on any atom is -0.369 e. The molecule has 43 heavy (non-hydrogen) atoms. The van der Waals surface area contributed by atoms with Gasteiger partial charge in [0, 0.05) is 56.2 Å². The molecule has 10 heteroatoms. The fourth-order valence-electron chi connectivity index (χ4n) is 5.85. The molecular weight excluding hydrogens is 558 g/mol. The second-order valence-electron chi connectivity index (χ2n) is 11.6. The van der Waals surface area contributed by atoms with Gasteiger partial charge in [0.2, 0.25) is 5.95 Å². The molecule has 2 aliphatic rings. The molecule has 1 aromatic heterocycles. The van der Waals surface area contributed by atoms with Gasteiger partial charge in [0.25, 0.3) is 10.0 Å². The second kappa shape index (κ2) is 11.9. The van der Waals surface area contributed by atoms with E-state index in [1.165, 1.54) is 21.8 Å². The van der Waals surface area contributed by atoms with E-state index in [4.69, 9.17) is 4.98 Å². The molecule has 3 aromatic carbocycles. The zero-order chi connectivity index (χ0) is 30.1. The van der Waals surface area contributed by atoms with Crippen molar-refractivity contribution in [3.8, 4) is 22.4 Å². The number of likely N-dealkylation sites (N-methyl/N-ethyl adjacent to an activating group) is 1. The summed E-state index contributed by atoms with van der Waals surface area (Å²) in [4.78, 5) is 16.3. The molecule has 9 nitrogen and oxygen atoms in total. The lowest BCUT2D eigenvalue weighted by atomic mass is 9.96. The Labute approximate surface area is 254 Å². The van der Waals surface area contributed by atoms with Crippen molar-refractivity contribution in [2.45, 2.75) is 24.8 Å². The highest BCUT2D eigenvalue weighted by atomic mass is 32.2. The van der Waals surface area contributed by atoms with E-state index in [1.54, 1.807) is 0 Å². The Hall–Kier alpha value is -3.99. The van der Waals surface area contributed by atoms with Crippen LogP contribution >= 0.6 is 0 Å². The van der Waals surface area contributed by atoms with Crippen molar-refractivity contribution in [1.29, 1.82) is 0 Å². The monoisotopic (exact) mass is 597 g/mol.